The van der Waals surface area contributed by atoms with Crippen molar-refractivity contribution in [2.24, 2.45) is 0 Å². The molecule has 0 aliphatic carbocycles. The third kappa shape index (κ3) is 5.76. The average molecular weight is 347 g/mol. The van der Waals surface area contributed by atoms with Crippen molar-refractivity contribution in [1.82, 2.24) is 10.6 Å². The van der Waals surface area contributed by atoms with Crippen molar-refractivity contribution >= 4 is 45.2 Å². The molecule has 102 valence electrons. The van der Waals surface area contributed by atoms with Crippen molar-refractivity contribution in [3.63, 3.8) is 0 Å². The highest BCUT2D eigenvalue weighted by atomic mass is 79.9. The molecule has 0 fully saturated rings. The molecule has 3 amide bonds. The number of carbonyl (C=O) groups excluding carboxylic acids is 2. The topological polar surface area (TPSA) is 70.2 Å². The van der Waals surface area contributed by atoms with Gasteiger partial charge in [-0.2, -0.15) is 0 Å². The van der Waals surface area contributed by atoms with E-state index in [0.717, 1.165) is 0 Å². The molecule has 5 nitrogen and oxygen atoms in total. The van der Waals surface area contributed by atoms with Gasteiger partial charge in [0.15, 0.2) is 0 Å². The summed E-state index contributed by atoms with van der Waals surface area (Å²) in [5.41, 5.74) is 0.570. The van der Waals surface area contributed by atoms with Gasteiger partial charge in [0, 0.05) is 16.7 Å². The van der Waals surface area contributed by atoms with Gasteiger partial charge in [-0.3, -0.25) is 4.79 Å². The summed E-state index contributed by atoms with van der Waals surface area (Å²) in [6, 6.07) is 4.50. The minimum atomic E-state index is -0.469. The first kappa shape index (κ1) is 15.5. The van der Waals surface area contributed by atoms with E-state index in [2.05, 4.69) is 38.5 Å². The molecule has 0 atom stereocenters. The summed E-state index contributed by atoms with van der Waals surface area (Å²) in [5, 5.41) is 8.11. The maximum atomic E-state index is 11.5. The smallest absolute Gasteiger partial charge is 0.319 e. The quantitative estimate of drug-likeness (QED) is 0.717. The van der Waals surface area contributed by atoms with Crippen LogP contribution in [0.3, 0.4) is 0 Å². The van der Waals surface area contributed by atoms with Crippen LogP contribution in [-0.4, -0.2) is 25.0 Å². The summed E-state index contributed by atoms with van der Waals surface area (Å²) >= 11 is 9.08. The molecule has 0 aliphatic rings. The van der Waals surface area contributed by atoms with Gasteiger partial charge in [0.1, 0.15) is 0 Å². The fourth-order valence-corrected chi connectivity index (χ4v) is 1.65. The third-order valence-electron chi connectivity index (χ3n) is 2.03. The second-order valence-corrected chi connectivity index (χ2v) is 4.79. The van der Waals surface area contributed by atoms with Crippen molar-refractivity contribution in [2.45, 2.75) is 0 Å². The van der Waals surface area contributed by atoms with Gasteiger partial charge in [0.05, 0.1) is 11.6 Å². The van der Waals surface area contributed by atoms with Gasteiger partial charge in [0.25, 0.3) is 0 Å². The molecule has 1 aromatic rings. The molecule has 0 saturated carbocycles. The Hall–Kier alpha value is -1.53. The molecule has 0 aromatic heterocycles. The van der Waals surface area contributed by atoms with E-state index in [-0.39, 0.29) is 12.5 Å². The molecule has 1 rings (SSSR count). The lowest BCUT2D eigenvalue weighted by atomic mass is 10.3. The zero-order valence-corrected chi connectivity index (χ0v) is 12.3. The van der Waals surface area contributed by atoms with Gasteiger partial charge in [-0.15, -0.1) is 6.58 Å². The van der Waals surface area contributed by atoms with E-state index in [4.69, 9.17) is 11.6 Å². The van der Waals surface area contributed by atoms with Crippen LogP contribution in [0.15, 0.2) is 35.3 Å². The highest BCUT2D eigenvalue weighted by molar-refractivity contribution is 9.10. The van der Waals surface area contributed by atoms with Crippen LogP contribution < -0.4 is 16.0 Å². The van der Waals surface area contributed by atoms with Gasteiger partial charge in [-0.05, 0) is 34.1 Å². The van der Waals surface area contributed by atoms with Crippen LogP contribution in [0.5, 0.6) is 0 Å². The average Bonchev–Trinajstić information content (AvgIpc) is 2.38. The van der Waals surface area contributed by atoms with Crippen molar-refractivity contribution in [1.29, 1.82) is 0 Å². The van der Waals surface area contributed by atoms with Crippen LogP contribution in [-0.2, 0) is 4.79 Å². The number of anilines is 1. The zero-order valence-electron chi connectivity index (χ0n) is 10.0. The molecule has 0 radical (unpaired) electrons. The molecule has 0 spiro atoms. The summed E-state index contributed by atoms with van der Waals surface area (Å²) in [5.74, 6) is -0.285. The van der Waals surface area contributed by atoms with E-state index < -0.39 is 6.03 Å². The van der Waals surface area contributed by atoms with Crippen LogP contribution in [0.2, 0.25) is 5.02 Å². The number of halogens is 2. The molecule has 0 bridgehead atoms. The summed E-state index contributed by atoms with van der Waals surface area (Å²) in [6.07, 6.45) is 1.56. The molecular formula is C12H13BrClN3O2. The van der Waals surface area contributed by atoms with Crippen LogP contribution in [0.4, 0.5) is 10.5 Å². The number of nitrogens with one attached hydrogen (secondary N) is 3. The van der Waals surface area contributed by atoms with Gasteiger partial charge in [0.2, 0.25) is 5.91 Å². The zero-order chi connectivity index (χ0) is 14.3. The maximum absolute atomic E-state index is 11.5. The monoisotopic (exact) mass is 345 g/mol. The minimum absolute atomic E-state index is 0.103. The number of hydrogen-bond donors (Lipinski definition) is 3. The summed E-state index contributed by atoms with van der Waals surface area (Å²) in [6.45, 7) is 3.73. The van der Waals surface area contributed by atoms with Crippen LogP contribution >= 0.6 is 27.5 Å². The molecule has 0 unspecified atom stereocenters. The first-order valence-electron chi connectivity index (χ1n) is 5.40. The first-order chi connectivity index (χ1) is 9.02. The third-order valence-corrected chi connectivity index (χ3v) is 3.24. The molecule has 19 heavy (non-hydrogen) atoms. The predicted molar refractivity (Wildman–Crippen MR) is 79.4 cm³/mol. The lowest BCUT2D eigenvalue weighted by molar-refractivity contribution is -0.119. The van der Waals surface area contributed by atoms with Crippen LogP contribution in [0, 0.1) is 0 Å². The van der Waals surface area contributed by atoms with E-state index in [1.54, 1.807) is 24.3 Å². The molecule has 0 aliphatic heterocycles. The number of amides is 3. The van der Waals surface area contributed by atoms with Crippen molar-refractivity contribution < 1.29 is 9.59 Å². The fourth-order valence-electron chi connectivity index (χ4n) is 1.16. The number of hydrogen-bond acceptors (Lipinski definition) is 2. The Morgan fingerprint density at radius 2 is 2.11 bits per heavy atom. The molecule has 0 heterocycles. The molecule has 3 N–H and O–H groups in total. The Kier molecular flexibility index (Phi) is 6.38. The normalized spacial score (nSPS) is 9.58. The Morgan fingerprint density at radius 1 is 1.37 bits per heavy atom. The number of carbonyl (C=O) groups is 2. The molecule has 1 aromatic carbocycles. The van der Waals surface area contributed by atoms with E-state index >= 15 is 0 Å². The lowest BCUT2D eigenvalue weighted by Gasteiger charge is -2.08. The Labute approximate surface area is 124 Å². The van der Waals surface area contributed by atoms with E-state index in [1.807, 2.05) is 0 Å². The second-order valence-electron chi connectivity index (χ2n) is 3.53. The van der Waals surface area contributed by atoms with Crippen LogP contribution in [0.25, 0.3) is 0 Å². The van der Waals surface area contributed by atoms with Gasteiger partial charge in [-0.1, -0.05) is 17.7 Å². The summed E-state index contributed by atoms with van der Waals surface area (Å²) in [7, 11) is 0. The maximum Gasteiger partial charge on any atom is 0.319 e. The highest BCUT2D eigenvalue weighted by Gasteiger charge is 2.06. The standard InChI is InChI=1S/C12H13BrClN3O2/c1-2-5-15-11(18)7-16-12(19)17-8-3-4-10(14)9(13)6-8/h2-4,6H,1,5,7H2,(H,15,18)(H2,16,17,19). The van der Waals surface area contributed by atoms with Gasteiger partial charge < -0.3 is 16.0 Å². The Morgan fingerprint density at radius 3 is 2.74 bits per heavy atom. The molecule has 7 heteroatoms. The number of rotatable bonds is 5. The lowest BCUT2D eigenvalue weighted by Crippen LogP contribution is -2.38. The summed E-state index contributed by atoms with van der Waals surface area (Å²) in [4.78, 5) is 22.7. The van der Waals surface area contributed by atoms with Crippen molar-refractivity contribution in [3.8, 4) is 0 Å². The SMILES string of the molecule is C=CCNC(=O)CNC(=O)Nc1ccc(Cl)c(Br)c1. The molecular weight excluding hydrogens is 334 g/mol. The minimum Gasteiger partial charge on any atom is -0.351 e. The van der Waals surface area contributed by atoms with Crippen LogP contribution in [0.1, 0.15) is 0 Å². The number of benzene rings is 1. The largest absolute Gasteiger partial charge is 0.351 e. The summed E-state index contributed by atoms with van der Waals surface area (Å²) < 4.78 is 0.677. The van der Waals surface area contributed by atoms with Crippen molar-refractivity contribution in [2.75, 3.05) is 18.4 Å². The Balaban J connectivity index is 2.40. The second kappa shape index (κ2) is 7.81. The first-order valence-corrected chi connectivity index (χ1v) is 6.57. The number of urea groups is 1. The fraction of sp³-hybridized carbons (Fsp3) is 0.167. The van der Waals surface area contributed by atoms with E-state index in [0.29, 0.717) is 21.7 Å². The molecule has 0 saturated heterocycles. The highest BCUT2D eigenvalue weighted by Crippen LogP contribution is 2.25. The van der Waals surface area contributed by atoms with E-state index in [1.165, 1.54) is 0 Å². The van der Waals surface area contributed by atoms with Crippen molar-refractivity contribution in [3.05, 3.63) is 40.3 Å². The van der Waals surface area contributed by atoms with Gasteiger partial charge >= 0.3 is 6.03 Å². The predicted octanol–water partition coefficient (Wildman–Crippen LogP) is 2.53. The van der Waals surface area contributed by atoms with E-state index in [9.17, 15) is 9.59 Å². The van der Waals surface area contributed by atoms with Gasteiger partial charge in [-0.25, -0.2) is 4.79 Å². The Bertz CT molecular complexity index is 494.